The molecule has 2 aromatic rings. The van der Waals surface area contributed by atoms with Crippen LogP contribution < -0.4 is 10.6 Å². The van der Waals surface area contributed by atoms with Gasteiger partial charge in [0.1, 0.15) is 0 Å². The number of rotatable bonds is 7. The van der Waals surface area contributed by atoms with Crippen molar-refractivity contribution in [1.29, 1.82) is 0 Å². The van der Waals surface area contributed by atoms with Crippen LogP contribution in [-0.2, 0) is 13.1 Å². The molecule has 7 heteroatoms. The Morgan fingerprint density at radius 2 is 2.15 bits per heavy atom. The summed E-state index contributed by atoms with van der Waals surface area (Å²) in [5.74, 6) is 1.63. The first kappa shape index (κ1) is 22.6. The van der Waals surface area contributed by atoms with Crippen LogP contribution >= 0.6 is 46.7 Å². The lowest BCUT2D eigenvalue weighted by atomic mass is 9.98. The van der Waals surface area contributed by atoms with E-state index < -0.39 is 0 Å². The van der Waals surface area contributed by atoms with Crippen LogP contribution in [-0.4, -0.2) is 37.0 Å². The molecule has 1 atom stereocenters. The second-order valence-electron chi connectivity index (χ2n) is 6.93. The summed E-state index contributed by atoms with van der Waals surface area (Å²) >= 11 is 3.65. The molecular weight excluding hydrogens is 487 g/mol. The fourth-order valence-electron chi connectivity index (χ4n) is 3.38. The predicted octanol–water partition coefficient (Wildman–Crippen LogP) is 4.70. The number of piperidine rings is 1. The molecule has 0 spiro atoms. The number of aryl methyl sites for hydroxylation is 1. The van der Waals surface area contributed by atoms with E-state index in [0.29, 0.717) is 5.92 Å². The van der Waals surface area contributed by atoms with Crippen LogP contribution in [0.15, 0.2) is 34.0 Å². The lowest BCUT2D eigenvalue weighted by molar-refractivity contribution is 0.169. The maximum Gasteiger partial charge on any atom is 0.191 e. The molecule has 1 unspecified atom stereocenters. The summed E-state index contributed by atoms with van der Waals surface area (Å²) in [7, 11) is 0. The fourth-order valence-corrected chi connectivity index (χ4v) is 4.96. The number of halogens is 1. The van der Waals surface area contributed by atoms with Crippen molar-refractivity contribution in [2.45, 2.75) is 39.8 Å². The maximum absolute atomic E-state index is 4.77. The lowest BCUT2D eigenvalue weighted by Gasteiger charge is -2.32. The van der Waals surface area contributed by atoms with Gasteiger partial charge in [0, 0.05) is 35.9 Å². The van der Waals surface area contributed by atoms with E-state index in [0.717, 1.165) is 32.1 Å². The maximum atomic E-state index is 4.77. The Hall–Kier alpha value is -0.640. The van der Waals surface area contributed by atoms with Crippen molar-refractivity contribution in [3.05, 3.63) is 44.3 Å². The Morgan fingerprint density at radius 3 is 2.85 bits per heavy atom. The molecule has 4 nitrogen and oxygen atoms in total. The predicted molar refractivity (Wildman–Crippen MR) is 130 cm³/mol. The molecule has 0 radical (unpaired) electrons. The largest absolute Gasteiger partial charge is 0.357 e. The van der Waals surface area contributed by atoms with Gasteiger partial charge in [-0.2, -0.15) is 0 Å². The number of aliphatic imine (C=N–C) groups is 1. The van der Waals surface area contributed by atoms with Crippen molar-refractivity contribution < 1.29 is 0 Å². The topological polar surface area (TPSA) is 39.7 Å². The molecule has 1 saturated heterocycles. The summed E-state index contributed by atoms with van der Waals surface area (Å²) in [6.45, 7) is 10.4. The average Bonchev–Trinajstić information content (AvgIpc) is 3.29. The van der Waals surface area contributed by atoms with E-state index in [2.05, 4.69) is 58.3 Å². The van der Waals surface area contributed by atoms with Crippen LogP contribution in [0.5, 0.6) is 0 Å². The number of nitrogens with one attached hydrogen (secondary N) is 2. The highest BCUT2D eigenvalue weighted by Gasteiger charge is 2.20. The number of guanidine groups is 1. The summed E-state index contributed by atoms with van der Waals surface area (Å²) in [5, 5.41) is 11.3. The molecule has 150 valence electrons. The van der Waals surface area contributed by atoms with Crippen LogP contribution in [0.3, 0.4) is 0 Å². The van der Waals surface area contributed by atoms with Crippen molar-refractivity contribution >= 4 is 52.6 Å². The number of nitrogens with zero attached hydrogens (tertiary/aromatic N) is 2. The van der Waals surface area contributed by atoms with Gasteiger partial charge in [-0.05, 0) is 67.6 Å². The smallest absolute Gasteiger partial charge is 0.191 e. The minimum Gasteiger partial charge on any atom is -0.357 e. The fraction of sp³-hybridized carbons (Fsp3) is 0.550. The second-order valence-corrected chi connectivity index (χ2v) is 8.96. The van der Waals surface area contributed by atoms with Gasteiger partial charge < -0.3 is 10.6 Å². The molecule has 3 rings (SSSR count). The highest BCUT2D eigenvalue weighted by Crippen LogP contribution is 2.20. The van der Waals surface area contributed by atoms with Crippen molar-refractivity contribution in [1.82, 2.24) is 15.5 Å². The van der Waals surface area contributed by atoms with Crippen molar-refractivity contribution in [2.24, 2.45) is 10.9 Å². The Balaban J connectivity index is 0.00000261. The normalized spacial score (nSPS) is 18.1. The highest BCUT2D eigenvalue weighted by molar-refractivity contribution is 14.0. The van der Waals surface area contributed by atoms with Gasteiger partial charge in [0.15, 0.2) is 5.96 Å². The monoisotopic (exact) mass is 518 g/mol. The minimum absolute atomic E-state index is 0. The summed E-state index contributed by atoms with van der Waals surface area (Å²) in [6.07, 6.45) is 2.59. The first-order valence-electron chi connectivity index (χ1n) is 9.54. The zero-order valence-electron chi connectivity index (χ0n) is 16.2. The summed E-state index contributed by atoms with van der Waals surface area (Å²) < 4.78 is 0. The Bertz CT molecular complexity index is 684. The standard InChI is InChI=1S/C20H30N4S2.HI/c1-3-21-20(23-13-19-16(2)8-11-26-19)22-12-17-6-4-9-24(14-17)15-18-7-5-10-25-18;/h5,7-8,10-11,17H,3-4,6,9,12-15H2,1-2H3,(H2,21,22,23);1H. The van der Waals surface area contributed by atoms with Crippen LogP contribution in [0.4, 0.5) is 0 Å². The van der Waals surface area contributed by atoms with E-state index in [9.17, 15) is 0 Å². The van der Waals surface area contributed by atoms with Gasteiger partial charge in [-0.1, -0.05) is 6.07 Å². The number of thiophene rings is 2. The van der Waals surface area contributed by atoms with Crippen LogP contribution in [0.25, 0.3) is 0 Å². The Labute approximate surface area is 188 Å². The molecule has 1 fully saturated rings. The molecule has 3 heterocycles. The molecule has 0 aliphatic carbocycles. The van der Waals surface area contributed by atoms with Crippen molar-refractivity contribution in [3.8, 4) is 0 Å². The third-order valence-electron chi connectivity index (χ3n) is 4.81. The van der Waals surface area contributed by atoms with Crippen LogP contribution in [0, 0.1) is 12.8 Å². The minimum atomic E-state index is 0. The van der Waals surface area contributed by atoms with E-state index in [1.165, 1.54) is 41.2 Å². The first-order valence-corrected chi connectivity index (χ1v) is 11.3. The SMILES string of the molecule is CCNC(=NCc1sccc1C)NCC1CCCN(Cc2cccs2)C1.I. The number of hydrogen-bond acceptors (Lipinski definition) is 4. The first-order chi connectivity index (χ1) is 12.7. The Morgan fingerprint density at radius 1 is 1.26 bits per heavy atom. The molecule has 0 aromatic carbocycles. The van der Waals surface area contributed by atoms with Gasteiger partial charge in [0.05, 0.1) is 6.54 Å². The molecule has 2 aromatic heterocycles. The number of hydrogen-bond donors (Lipinski definition) is 2. The molecule has 0 saturated carbocycles. The molecule has 1 aliphatic rings. The van der Waals surface area contributed by atoms with Gasteiger partial charge in [0.2, 0.25) is 0 Å². The average molecular weight is 519 g/mol. The van der Waals surface area contributed by atoms with Crippen LogP contribution in [0.1, 0.15) is 35.1 Å². The van der Waals surface area contributed by atoms with Gasteiger partial charge in [-0.15, -0.1) is 46.7 Å². The zero-order chi connectivity index (χ0) is 18.2. The van der Waals surface area contributed by atoms with Gasteiger partial charge in [0.25, 0.3) is 0 Å². The van der Waals surface area contributed by atoms with Crippen LogP contribution in [0.2, 0.25) is 0 Å². The summed E-state index contributed by atoms with van der Waals surface area (Å²) in [4.78, 5) is 10.2. The molecule has 27 heavy (non-hydrogen) atoms. The van der Waals surface area contributed by atoms with Gasteiger partial charge in [-0.25, -0.2) is 4.99 Å². The summed E-state index contributed by atoms with van der Waals surface area (Å²) in [5.41, 5.74) is 1.34. The quantitative estimate of drug-likeness (QED) is 0.317. The molecule has 0 amide bonds. The molecular formula is C20H31IN4S2. The molecule has 2 N–H and O–H groups in total. The lowest BCUT2D eigenvalue weighted by Crippen LogP contribution is -2.44. The van der Waals surface area contributed by atoms with Gasteiger partial charge in [-0.3, -0.25) is 4.90 Å². The highest BCUT2D eigenvalue weighted by atomic mass is 127. The van der Waals surface area contributed by atoms with E-state index >= 15 is 0 Å². The third-order valence-corrected chi connectivity index (χ3v) is 6.68. The van der Waals surface area contributed by atoms with Crippen molar-refractivity contribution in [3.63, 3.8) is 0 Å². The van der Waals surface area contributed by atoms with Gasteiger partial charge >= 0.3 is 0 Å². The van der Waals surface area contributed by atoms with E-state index in [1.54, 1.807) is 11.3 Å². The zero-order valence-corrected chi connectivity index (χ0v) is 20.2. The number of likely N-dealkylation sites (tertiary alicyclic amines) is 1. The van der Waals surface area contributed by atoms with E-state index in [4.69, 9.17) is 4.99 Å². The van der Waals surface area contributed by atoms with E-state index in [1.807, 2.05) is 11.3 Å². The summed E-state index contributed by atoms with van der Waals surface area (Å²) in [6, 6.07) is 6.56. The van der Waals surface area contributed by atoms with E-state index in [-0.39, 0.29) is 24.0 Å². The molecule has 0 bridgehead atoms. The van der Waals surface area contributed by atoms with Crippen molar-refractivity contribution in [2.75, 3.05) is 26.2 Å². The third kappa shape index (κ3) is 7.36. The Kier molecular flexibility index (Phi) is 10.1. The second kappa shape index (κ2) is 12.0. The molecule has 1 aliphatic heterocycles.